The van der Waals surface area contributed by atoms with E-state index in [0.717, 1.165) is 26.2 Å². The van der Waals surface area contributed by atoms with Crippen molar-refractivity contribution in [3.05, 3.63) is 35.9 Å². The molecule has 1 aromatic rings. The lowest BCUT2D eigenvalue weighted by Gasteiger charge is -2.50. The van der Waals surface area contributed by atoms with Gasteiger partial charge >= 0.3 is 5.97 Å². The van der Waals surface area contributed by atoms with Crippen molar-refractivity contribution in [2.24, 2.45) is 11.8 Å². The van der Waals surface area contributed by atoms with Gasteiger partial charge in [0.2, 0.25) is 0 Å². The maximum Gasteiger partial charge on any atom is 0.338 e. The van der Waals surface area contributed by atoms with Crippen LogP contribution < -0.4 is 10.6 Å². The first kappa shape index (κ1) is 12.6. The van der Waals surface area contributed by atoms with Crippen molar-refractivity contribution in [1.29, 1.82) is 0 Å². The lowest BCUT2D eigenvalue weighted by molar-refractivity contribution is -0.101. The van der Waals surface area contributed by atoms with Crippen LogP contribution in [0.2, 0.25) is 0 Å². The van der Waals surface area contributed by atoms with E-state index in [1.165, 1.54) is 0 Å². The van der Waals surface area contributed by atoms with Gasteiger partial charge in [0.1, 0.15) is 5.60 Å². The van der Waals surface area contributed by atoms with Gasteiger partial charge in [-0.15, -0.1) is 0 Å². The van der Waals surface area contributed by atoms with Crippen molar-refractivity contribution in [3.63, 3.8) is 0 Å². The smallest absolute Gasteiger partial charge is 0.338 e. The minimum absolute atomic E-state index is 0.207. The number of esters is 1. The Morgan fingerprint density at radius 3 is 2.16 bits per heavy atom. The summed E-state index contributed by atoms with van der Waals surface area (Å²) in [5.74, 6) is 0.474. The van der Waals surface area contributed by atoms with Crippen LogP contribution in [0.1, 0.15) is 17.3 Å². The number of ether oxygens (including phenoxy) is 1. The summed E-state index contributed by atoms with van der Waals surface area (Å²) in [5.41, 5.74) is 0.275. The molecule has 19 heavy (non-hydrogen) atoms. The van der Waals surface area contributed by atoms with Crippen molar-refractivity contribution in [3.8, 4) is 0 Å². The van der Waals surface area contributed by atoms with Gasteiger partial charge in [-0.3, -0.25) is 0 Å². The largest absolute Gasteiger partial charge is 0.455 e. The predicted molar refractivity (Wildman–Crippen MR) is 73.0 cm³/mol. The molecule has 2 fully saturated rings. The molecule has 2 saturated heterocycles. The summed E-state index contributed by atoms with van der Waals surface area (Å²) in [6, 6.07) is 9.25. The van der Waals surface area contributed by atoms with E-state index in [4.69, 9.17) is 4.74 Å². The van der Waals surface area contributed by atoms with Gasteiger partial charge in [0, 0.05) is 38.0 Å². The Labute approximate surface area is 113 Å². The number of piperidine rings is 2. The molecule has 102 valence electrons. The van der Waals surface area contributed by atoms with E-state index in [9.17, 15) is 4.79 Å². The van der Waals surface area contributed by atoms with Gasteiger partial charge in [-0.05, 0) is 19.1 Å². The molecule has 0 radical (unpaired) electrons. The van der Waals surface area contributed by atoms with Crippen LogP contribution in [0.4, 0.5) is 0 Å². The fraction of sp³-hybridized carbons (Fsp3) is 0.533. The summed E-state index contributed by atoms with van der Waals surface area (Å²) in [7, 11) is 0. The molecule has 0 spiro atoms. The average molecular weight is 260 g/mol. The number of hydrogen-bond donors (Lipinski definition) is 2. The van der Waals surface area contributed by atoms with Crippen LogP contribution in [0, 0.1) is 11.8 Å². The molecule has 0 aliphatic carbocycles. The normalized spacial score (nSPS) is 33.7. The zero-order valence-corrected chi connectivity index (χ0v) is 11.2. The first-order chi connectivity index (χ1) is 9.20. The highest BCUT2D eigenvalue weighted by Gasteiger charge is 2.49. The van der Waals surface area contributed by atoms with E-state index in [1.807, 2.05) is 18.2 Å². The summed E-state index contributed by atoms with van der Waals surface area (Å²) in [4.78, 5) is 12.3. The van der Waals surface area contributed by atoms with E-state index in [0.29, 0.717) is 17.4 Å². The maximum absolute atomic E-state index is 12.3. The molecule has 3 rings (SSSR count). The molecular formula is C15H20N2O2. The van der Waals surface area contributed by atoms with Crippen molar-refractivity contribution in [2.45, 2.75) is 12.5 Å². The first-order valence-corrected chi connectivity index (χ1v) is 6.90. The number of nitrogens with one attached hydrogen (secondary N) is 2. The molecule has 2 bridgehead atoms. The second kappa shape index (κ2) is 4.94. The second-order valence-corrected chi connectivity index (χ2v) is 5.65. The van der Waals surface area contributed by atoms with E-state index in [2.05, 4.69) is 17.6 Å². The lowest BCUT2D eigenvalue weighted by atomic mass is 9.72. The molecule has 2 heterocycles. The van der Waals surface area contributed by atoms with Crippen LogP contribution in [0.3, 0.4) is 0 Å². The second-order valence-electron chi connectivity index (χ2n) is 5.65. The Hall–Kier alpha value is -1.39. The highest BCUT2D eigenvalue weighted by atomic mass is 16.6. The predicted octanol–water partition coefficient (Wildman–Crippen LogP) is 1.04. The quantitative estimate of drug-likeness (QED) is 0.780. The average Bonchev–Trinajstić information content (AvgIpc) is 2.38. The monoisotopic (exact) mass is 260 g/mol. The van der Waals surface area contributed by atoms with Gasteiger partial charge < -0.3 is 15.4 Å². The maximum atomic E-state index is 12.3. The molecule has 0 saturated carbocycles. The Kier molecular flexibility index (Phi) is 3.29. The highest BCUT2D eigenvalue weighted by Crippen LogP contribution is 2.35. The molecule has 1 aromatic carbocycles. The molecule has 0 atom stereocenters. The summed E-state index contributed by atoms with van der Waals surface area (Å²) in [5, 5.41) is 6.85. The number of carbonyl (C=O) groups is 1. The fourth-order valence-corrected chi connectivity index (χ4v) is 3.15. The van der Waals surface area contributed by atoms with Gasteiger partial charge in [0.05, 0.1) is 5.56 Å². The number of benzene rings is 1. The van der Waals surface area contributed by atoms with Gasteiger partial charge in [-0.25, -0.2) is 4.79 Å². The summed E-state index contributed by atoms with van der Waals surface area (Å²) < 4.78 is 5.91. The highest BCUT2D eigenvalue weighted by molar-refractivity contribution is 5.89. The van der Waals surface area contributed by atoms with Crippen LogP contribution in [0.25, 0.3) is 0 Å². The molecule has 4 heteroatoms. The summed E-state index contributed by atoms with van der Waals surface area (Å²) >= 11 is 0. The number of fused-ring (bicyclic) bond motifs is 2. The Balaban J connectivity index is 1.79. The fourth-order valence-electron chi connectivity index (χ4n) is 3.15. The van der Waals surface area contributed by atoms with Crippen LogP contribution in [-0.4, -0.2) is 37.7 Å². The number of rotatable bonds is 2. The number of carbonyl (C=O) groups excluding carboxylic acids is 1. The van der Waals surface area contributed by atoms with Crippen molar-refractivity contribution in [1.82, 2.24) is 10.6 Å². The van der Waals surface area contributed by atoms with Crippen LogP contribution >= 0.6 is 0 Å². The van der Waals surface area contributed by atoms with E-state index >= 15 is 0 Å². The van der Waals surface area contributed by atoms with Crippen LogP contribution in [0.15, 0.2) is 30.3 Å². The van der Waals surface area contributed by atoms with E-state index < -0.39 is 0 Å². The standard InChI is InChI=1S/C15H20N2O2/c1-15(12-7-16-9-13(15)10-17-8-12)19-14(18)11-5-3-2-4-6-11/h2-6,12-13,16-17H,7-10H2,1H3. The van der Waals surface area contributed by atoms with Gasteiger partial charge in [0.15, 0.2) is 0 Å². The Morgan fingerprint density at radius 2 is 1.63 bits per heavy atom. The van der Waals surface area contributed by atoms with Gasteiger partial charge in [0.25, 0.3) is 0 Å². The zero-order valence-electron chi connectivity index (χ0n) is 11.2. The minimum Gasteiger partial charge on any atom is -0.455 e. The summed E-state index contributed by atoms with van der Waals surface area (Å²) in [6.45, 7) is 5.71. The van der Waals surface area contributed by atoms with Crippen molar-refractivity contribution in [2.75, 3.05) is 26.2 Å². The van der Waals surface area contributed by atoms with Crippen LogP contribution in [0.5, 0.6) is 0 Å². The molecule has 2 aliphatic rings. The topological polar surface area (TPSA) is 50.4 Å². The molecule has 2 N–H and O–H groups in total. The summed E-state index contributed by atoms with van der Waals surface area (Å²) in [6.07, 6.45) is 0. The first-order valence-electron chi connectivity index (χ1n) is 6.90. The van der Waals surface area contributed by atoms with Gasteiger partial charge in [-0.1, -0.05) is 18.2 Å². The third-order valence-corrected chi connectivity index (χ3v) is 4.51. The molecule has 0 unspecified atom stereocenters. The zero-order chi connectivity index (χ0) is 13.3. The third-order valence-electron chi connectivity index (χ3n) is 4.51. The van der Waals surface area contributed by atoms with E-state index in [1.54, 1.807) is 12.1 Å². The molecule has 2 aliphatic heterocycles. The molecular weight excluding hydrogens is 240 g/mol. The Morgan fingerprint density at radius 1 is 1.11 bits per heavy atom. The van der Waals surface area contributed by atoms with E-state index in [-0.39, 0.29) is 11.6 Å². The Bertz CT molecular complexity index is 438. The lowest BCUT2D eigenvalue weighted by Crippen LogP contribution is -2.65. The van der Waals surface area contributed by atoms with Crippen LogP contribution in [-0.2, 0) is 4.74 Å². The molecule has 0 aromatic heterocycles. The molecule has 4 nitrogen and oxygen atoms in total. The molecule has 0 amide bonds. The van der Waals surface area contributed by atoms with Gasteiger partial charge in [-0.2, -0.15) is 0 Å². The minimum atomic E-state index is -0.358. The SMILES string of the molecule is CC1(OC(=O)c2ccccc2)C2CNCC1CNC2. The number of hydrogen-bond acceptors (Lipinski definition) is 4. The van der Waals surface area contributed by atoms with Crippen molar-refractivity contribution >= 4 is 5.97 Å². The van der Waals surface area contributed by atoms with Crippen molar-refractivity contribution < 1.29 is 9.53 Å². The third kappa shape index (κ3) is 2.26.